The van der Waals surface area contributed by atoms with Gasteiger partial charge in [-0.1, -0.05) is 39.0 Å². The van der Waals surface area contributed by atoms with Gasteiger partial charge in [0.15, 0.2) is 5.78 Å². The van der Waals surface area contributed by atoms with Gasteiger partial charge in [-0.3, -0.25) is 4.79 Å². The molecule has 1 aliphatic carbocycles. The monoisotopic (exact) mass is 314 g/mol. The van der Waals surface area contributed by atoms with Crippen LogP contribution in [0.4, 0.5) is 0 Å². The van der Waals surface area contributed by atoms with Crippen LogP contribution in [-0.2, 0) is 9.53 Å². The van der Waals surface area contributed by atoms with E-state index in [2.05, 4.69) is 0 Å². The molecule has 128 valence electrons. The van der Waals surface area contributed by atoms with Crippen molar-refractivity contribution >= 4 is 5.78 Å². The first-order valence-corrected chi connectivity index (χ1v) is 8.30. The molecule has 5 heteroatoms. The van der Waals surface area contributed by atoms with Gasteiger partial charge in [0.2, 0.25) is 0 Å². The number of aliphatic hydroxyl groups excluding tert-OH is 2. The third-order valence-corrected chi connectivity index (χ3v) is 4.60. The fourth-order valence-electron chi connectivity index (χ4n) is 3.01. The van der Waals surface area contributed by atoms with E-state index in [0.717, 1.165) is 44.9 Å². The van der Waals surface area contributed by atoms with Crippen LogP contribution < -0.4 is 0 Å². The first kappa shape index (κ1) is 19.1. The van der Waals surface area contributed by atoms with Gasteiger partial charge < -0.3 is 20.1 Å². The predicted octanol–water partition coefficient (Wildman–Crippen LogP) is 1.94. The van der Waals surface area contributed by atoms with Crippen molar-refractivity contribution < 1.29 is 24.9 Å². The Bertz CT molecular complexity index is 379. The van der Waals surface area contributed by atoms with Gasteiger partial charge in [-0.05, 0) is 19.3 Å². The minimum atomic E-state index is -1.52. The van der Waals surface area contributed by atoms with Crippen LogP contribution in [0.15, 0.2) is 11.8 Å². The number of unbranched alkanes of at least 4 members (excludes halogenated alkanes) is 4. The lowest BCUT2D eigenvalue weighted by Crippen LogP contribution is -2.43. The van der Waals surface area contributed by atoms with E-state index in [1.54, 1.807) is 0 Å². The zero-order chi connectivity index (χ0) is 16.6. The molecule has 0 bridgehead atoms. The van der Waals surface area contributed by atoms with Crippen molar-refractivity contribution in [3.8, 4) is 0 Å². The Morgan fingerprint density at radius 2 is 1.91 bits per heavy atom. The van der Waals surface area contributed by atoms with Gasteiger partial charge >= 0.3 is 0 Å². The van der Waals surface area contributed by atoms with Crippen LogP contribution in [-0.4, -0.2) is 46.5 Å². The number of carbonyl (C=O) groups is 1. The van der Waals surface area contributed by atoms with E-state index in [1.807, 2.05) is 6.92 Å². The molecule has 5 nitrogen and oxygen atoms in total. The van der Waals surface area contributed by atoms with E-state index in [0.29, 0.717) is 12.2 Å². The van der Waals surface area contributed by atoms with Crippen molar-refractivity contribution in [3.05, 3.63) is 11.8 Å². The van der Waals surface area contributed by atoms with Gasteiger partial charge in [0.25, 0.3) is 0 Å². The summed E-state index contributed by atoms with van der Waals surface area (Å²) in [4.78, 5) is 12.0. The van der Waals surface area contributed by atoms with Gasteiger partial charge in [0.05, 0.1) is 25.7 Å². The molecule has 0 saturated carbocycles. The summed E-state index contributed by atoms with van der Waals surface area (Å²) >= 11 is 0. The van der Waals surface area contributed by atoms with Crippen LogP contribution in [0.2, 0.25) is 0 Å². The third kappa shape index (κ3) is 4.80. The molecule has 0 unspecified atom stereocenters. The molecule has 0 radical (unpaired) electrons. The first-order chi connectivity index (χ1) is 10.5. The molecule has 0 saturated heterocycles. The van der Waals surface area contributed by atoms with E-state index >= 15 is 0 Å². The minimum absolute atomic E-state index is 0.194. The average molecular weight is 314 g/mol. The van der Waals surface area contributed by atoms with E-state index in [9.17, 15) is 20.1 Å². The van der Waals surface area contributed by atoms with Crippen LogP contribution in [0, 0.1) is 5.92 Å². The molecule has 22 heavy (non-hydrogen) atoms. The molecule has 0 aromatic carbocycles. The summed E-state index contributed by atoms with van der Waals surface area (Å²) in [5.41, 5.74) is -1.52. The molecule has 3 atom stereocenters. The summed E-state index contributed by atoms with van der Waals surface area (Å²) in [6, 6.07) is 0. The fourth-order valence-corrected chi connectivity index (χ4v) is 3.01. The number of carbonyl (C=O) groups excluding carboxylic acids is 1. The Kier molecular flexibility index (Phi) is 8.07. The second kappa shape index (κ2) is 9.28. The number of rotatable bonds is 11. The summed E-state index contributed by atoms with van der Waals surface area (Å²) in [5, 5.41) is 29.4. The average Bonchev–Trinajstić information content (AvgIpc) is 2.76. The third-order valence-electron chi connectivity index (χ3n) is 4.60. The van der Waals surface area contributed by atoms with Crippen molar-refractivity contribution in [3.63, 3.8) is 0 Å². The molecule has 0 spiro atoms. The molecule has 1 aliphatic rings. The quantitative estimate of drug-likeness (QED) is 0.507. The Morgan fingerprint density at radius 3 is 2.50 bits per heavy atom. The Morgan fingerprint density at radius 1 is 1.27 bits per heavy atom. The lowest BCUT2D eigenvalue weighted by Gasteiger charge is -2.28. The van der Waals surface area contributed by atoms with Crippen LogP contribution in [0.5, 0.6) is 0 Å². The standard InChI is InChI=1S/C17H30O5/c1-3-13(19)9-7-5-4-6-8-10-17(21)14(12-18)15(22-2)11-16(17)20/h11,13-14,18-19,21H,3-10,12H2,1-2H3/t13-,14+,17+/m1/s1. The van der Waals surface area contributed by atoms with E-state index in [4.69, 9.17) is 4.74 Å². The normalized spacial score (nSPS) is 26.1. The van der Waals surface area contributed by atoms with Gasteiger partial charge in [-0.15, -0.1) is 0 Å². The lowest BCUT2D eigenvalue weighted by atomic mass is 9.84. The molecule has 0 amide bonds. The van der Waals surface area contributed by atoms with Crippen LogP contribution in [0.1, 0.15) is 58.3 Å². The van der Waals surface area contributed by atoms with E-state index < -0.39 is 11.5 Å². The Labute approximate surface area is 133 Å². The molecule has 0 fully saturated rings. The lowest BCUT2D eigenvalue weighted by molar-refractivity contribution is -0.137. The summed E-state index contributed by atoms with van der Waals surface area (Å²) in [7, 11) is 1.44. The van der Waals surface area contributed by atoms with E-state index in [1.165, 1.54) is 13.2 Å². The molecule has 3 N–H and O–H groups in total. The molecular weight excluding hydrogens is 284 g/mol. The fraction of sp³-hybridized carbons (Fsp3) is 0.824. The number of ketones is 1. The highest BCUT2D eigenvalue weighted by Gasteiger charge is 2.49. The van der Waals surface area contributed by atoms with Crippen molar-refractivity contribution in [1.82, 2.24) is 0 Å². The smallest absolute Gasteiger partial charge is 0.191 e. The largest absolute Gasteiger partial charge is 0.500 e. The van der Waals surface area contributed by atoms with Crippen molar-refractivity contribution in [2.45, 2.75) is 70.0 Å². The predicted molar refractivity (Wildman–Crippen MR) is 84.2 cm³/mol. The molecule has 0 aromatic rings. The zero-order valence-electron chi connectivity index (χ0n) is 13.8. The van der Waals surface area contributed by atoms with Crippen molar-refractivity contribution in [2.24, 2.45) is 5.92 Å². The maximum Gasteiger partial charge on any atom is 0.191 e. The topological polar surface area (TPSA) is 87.0 Å². The Balaban J connectivity index is 2.28. The number of hydrogen-bond donors (Lipinski definition) is 3. The highest BCUT2D eigenvalue weighted by molar-refractivity contribution is 6.00. The molecule has 0 aromatic heterocycles. The number of ether oxygens (including phenoxy) is 1. The molecule has 0 heterocycles. The van der Waals surface area contributed by atoms with Gasteiger partial charge in [0.1, 0.15) is 11.4 Å². The maximum atomic E-state index is 12.0. The van der Waals surface area contributed by atoms with Crippen molar-refractivity contribution in [2.75, 3.05) is 13.7 Å². The van der Waals surface area contributed by atoms with Gasteiger partial charge in [0, 0.05) is 6.08 Å². The van der Waals surface area contributed by atoms with E-state index in [-0.39, 0.29) is 18.5 Å². The Hall–Kier alpha value is -0.910. The van der Waals surface area contributed by atoms with Crippen LogP contribution >= 0.6 is 0 Å². The minimum Gasteiger partial charge on any atom is -0.500 e. The molecule has 0 aliphatic heterocycles. The highest BCUT2D eigenvalue weighted by Crippen LogP contribution is 2.37. The van der Waals surface area contributed by atoms with Gasteiger partial charge in [-0.25, -0.2) is 0 Å². The summed E-state index contributed by atoms with van der Waals surface area (Å²) < 4.78 is 5.07. The molecule has 1 rings (SSSR count). The van der Waals surface area contributed by atoms with Crippen LogP contribution in [0.3, 0.4) is 0 Å². The SMILES string of the molecule is CC[C@@H](O)CCCCCCC[C@@]1(O)C(=O)C=C(OC)[C@@H]1CO. The molecular formula is C17H30O5. The van der Waals surface area contributed by atoms with Crippen molar-refractivity contribution in [1.29, 1.82) is 0 Å². The van der Waals surface area contributed by atoms with Gasteiger partial charge in [-0.2, -0.15) is 0 Å². The number of hydrogen-bond acceptors (Lipinski definition) is 5. The summed E-state index contributed by atoms with van der Waals surface area (Å²) in [5.74, 6) is -0.650. The number of methoxy groups -OCH3 is 1. The van der Waals surface area contributed by atoms with Crippen LogP contribution in [0.25, 0.3) is 0 Å². The second-order valence-corrected chi connectivity index (χ2v) is 6.14. The second-order valence-electron chi connectivity index (χ2n) is 6.14. The first-order valence-electron chi connectivity index (χ1n) is 8.30. The highest BCUT2D eigenvalue weighted by atomic mass is 16.5. The summed E-state index contributed by atoms with van der Waals surface area (Å²) in [6.07, 6.45) is 7.83. The number of aliphatic hydroxyl groups is 3. The zero-order valence-corrected chi connectivity index (χ0v) is 13.8. The maximum absolute atomic E-state index is 12.0. The summed E-state index contributed by atoms with van der Waals surface area (Å²) in [6.45, 7) is 1.68.